The maximum Gasteiger partial charge on any atom is 0.307 e. The van der Waals surface area contributed by atoms with Crippen molar-refractivity contribution in [2.24, 2.45) is 11.8 Å². The van der Waals surface area contributed by atoms with E-state index in [2.05, 4.69) is 12.2 Å². The van der Waals surface area contributed by atoms with E-state index in [1.807, 2.05) is 0 Å². The standard InChI is InChI=1S/C14H25NO4/c1-2-9-19-10-5-8-15-13(16)11-6-3-4-7-12(11)14(17)18/h11-12H,2-10H2,1H3,(H,15,16)(H,17,18)/t11-,12+/m1/s1. The number of rotatable bonds is 8. The Kier molecular flexibility index (Phi) is 7.48. The summed E-state index contributed by atoms with van der Waals surface area (Å²) in [6.45, 7) is 4.00. The van der Waals surface area contributed by atoms with Crippen LogP contribution >= 0.6 is 0 Å². The van der Waals surface area contributed by atoms with E-state index in [0.29, 0.717) is 26.0 Å². The summed E-state index contributed by atoms with van der Waals surface area (Å²) in [5, 5.41) is 12.0. The van der Waals surface area contributed by atoms with E-state index in [1.165, 1.54) is 0 Å². The molecule has 0 heterocycles. The lowest BCUT2D eigenvalue weighted by Gasteiger charge is -2.27. The maximum absolute atomic E-state index is 12.0. The van der Waals surface area contributed by atoms with Gasteiger partial charge in [0.2, 0.25) is 5.91 Å². The van der Waals surface area contributed by atoms with E-state index >= 15 is 0 Å². The molecule has 5 nitrogen and oxygen atoms in total. The fraction of sp³-hybridized carbons (Fsp3) is 0.857. The van der Waals surface area contributed by atoms with Gasteiger partial charge in [-0.25, -0.2) is 0 Å². The fourth-order valence-corrected chi connectivity index (χ4v) is 2.50. The molecule has 0 aromatic heterocycles. The van der Waals surface area contributed by atoms with E-state index in [0.717, 1.165) is 32.3 Å². The third kappa shape index (κ3) is 5.59. The van der Waals surface area contributed by atoms with Crippen molar-refractivity contribution in [2.75, 3.05) is 19.8 Å². The highest BCUT2D eigenvalue weighted by molar-refractivity contribution is 5.84. The van der Waals surface area contributed by atoms with Crippen LogP contribution in [0.15, 0.2) is 0 Å². The molecule has 0 radical (unpaired) electrons. The molecular formula is C14H25NO4. The number of hydrogen-bond acceptors (Lipinski definition) is 3. The van der Waals surface area contributed by atoms with Gasteiger partial charge in [0.05, 0.1) is 11.8 Å². The van der Waals surface area contributed by atoms with Crippen molar-refractivity contribution >= 4 is 11.9 Å². The van der Waals surface area contributed by atoms with Gasteiger partial charge in [0.15, 0.2) is 0 Å². The van der Waals surface area contributed by atoms with Gasteiger partial charge in [-0.2, -0.15) is 0 Å². The molecule has 5 heteroatoms. The van der Waals surface area contributed by atoms with Crippen LogP contribution in [0.1, 0.15) is 45.4 Å². The second kappa shape index (κ2) is 8.91. The second-order valence-electron chi connectivity index (χ2n) is 5.09. The molecule has 0 unspecified atom stereocenters. The Labute approximate surface area is 114 Å². The SMILES string of the molecule is CCCOCCCNC(=O)[C@@H]1CCCC[C@@H]1C(=O)O. The molecule has 19 heavy (non-hydrogen) atoms. The number of amides is 1. The number of aliphatic carboxylic acids is 1. The van der Waals surface area contributed by atoms with Crippen molar-refractivity contribution in [3.8, 4) is 0 Å². The summed E-state index contributed by atoms with van der Waals surface area (Å²) in [5.74, 6) is -1.82. The lowest BCUT2D eigenvalue weighted by atomic mass is 9.79. The number of carbonyl (C=O) groups is 2. The lowest BCUT2D eigenvalue weighted by molar-refractivity contribution is -0.148. The van der Waals surface area contributed by atoms with Crippen LogP contribution in [0.2, 0.25) is 0 Å². The molecule has 0 bridgehead atoms. The van der Waals surface area contributed by atoms with Crippen molar-refractivity contribution in [1.82, 2.24) is 5.32 Å². The number of carboxylic acid groups (broad SMARTS) is 1. The fourth-order valence-electron chi connectivity index (χ4n) is 2.50. The van der Waals surface area contributed by atoms with E-state index < -0.39 is 11.9 Å². The third-order valence-electron chi connectivity index (χ3n) is 3.53. The predicted octanol–water partition coefficient (Wildman–Crippen LogP) is 1.81. The average Bonchev–Trinajstić information content (AvgIpc) is 2.42. The Balaban J connectivity index is 2.25. The van der Waals surface area contributed by atoms with Gasteiger partial charge in [0.1, 0.15) is 0 Å². The molecule has 0 spiro atoms. The Morgan fingerprint density at radius 2 is 1.89 bits per heavy atom. The number of hydrogen-bond donors (Lipinski definition) is 2. The van der Waals surface area contributed by atoms with Gasteiger partial charge >= 0.3 is 5.97 Å². The van der Waals surface area contributed by atoms with Crippen molar-refractivity contribution in [1.29, 1.82) is 0 Å². The normalized spacial score (nSPS) is 23.0. The summed E-state index contributed by atoms with van der Waals surface area (Å²) >= 11 is 0. The smallest absolute Gasteiger partial charge is 0.307 e. The summed E-state index contributed by atoms with van der Waals surface area (Å²) in [7, 11) is 0. The van der Waals surface area contributed by atoms with E-state index in [-0.39, 0.29) is 11.8 Å². The molecule has 110 valence electrons. The number of ether oxygens (including phenoxy) is 1. The highest BCUT2D eigenvalue weighted by Gasteiger charge is 2.35. The second-order valence-corrected chi connectivity index (χ2v) is 5.09. The van der Waals surface area contributed by atoms with Crippen LogP contribution in [-0.2, 0) is 14.3 Å². The van der Waals surface area contributed by atoms with E-state index in [9.17, 15) is 9.59 Å². The summed E-state index contributed by atoms with van der Waals surface area (Å²) in [6, 6.07) is 0. The molecule has 2 atom stereocenters. The van der Waals surface area contributed by atoms with E-state index in [4.69, 9.17) is 9.84 Å². The molecule has 0 saturated heterocycles. The van der Waals surface area contributed by atoms with Gasteiger partial charge < -0.3 is 15.2 Å². The molecule has 1 amide bonds. The number of nitrogens with one attached hydrogen (secondary N) is 1. The van der Waals surface area contributed by atoms with Crippen LogP contribution in [0.3, 0.4) is 0 Å². The molecule has 2 N–H and O–H groups in total. The van der Waals surface area contributed by atoms with Crippen LogP contribution in [0, 0.1) is 11.8 Å². The molecule has 0 aromatic rings. The van der Waals surface area contributed by atoms with Gasteiger partial charge in [-0.3, -0.25) is 9.59 Å². The quantitative estimate of drug-likeness (QED) is 0.660. The predicted molar refractivity (Wildman–Crippen MR) is 71.8 cm³/mol. The van der Waals surface area contributed by atoms with Crippen LogP contribution < -0.4 is 5.32 Å². The Bertz CT molecular complexity index is 293. The van der Waals surface area contributed by atoms with Gasteiger partial charge in [-0.1, -0.05) is 19.8 Å². The topological polar surface area (TPSA) is 75.6 Å². The minimum Gasteiger partial charge on any atom is -0.481 e. The molecular weight excluding hydrogens is 246 g/mol. The highest BCUT2D eigenvalue weighted by atomic mass is 16.5. The third-order valence-corrected chi connectivity index (χ3v) is 3.53. The highest BCUT2D eigenvalue weighted by Crippen LogP contribution is 2.30. The Hall–Kier alpha value is -1.10. The zero-order chi connectivity index (χ0) is 14.1. The van der Waals surface area contributed by atoms with Gasteiger partial charge in [-0.15, -0.1) is 0 Å². The monoisotopic (exact) mass is 271 g/mol. The first-order chi connectivity index (χ1) is 9.16. The molecule has 1 aliphatic rings. The summed E-state index contributed by atoms with van der Waals surface area (Å²) in [4.78, 5) is 23.1. The van der Waals surface area contributed by atoms with Crippen molar-refractivity contribution in [3.05, 3.63) is 0 Å². The lowest BCUT2D eigenvalue weighted by Crippen LogP contribution is -2.40. The van der Waals surface area contributed by atoms with Crippen LogP contribution in [0.25, 0.3) is 0 Å². The first-order valence-electron chi connectivity index (χ1n) is 7.25. The summed E-state index contributed by atoms with van der Waals surface area (Å²) < 4.78 is 5.32. The molecule has 1 aliphatic carbocycles. The minimum absolute atomic E-state index is 0.109. The van der Waals surface area contributed by atoms with Gasteiger partial charge in [0.25, 0.3) is 0 Å². The molecule has 1 rings (SSSR count). The van der Waals surface area contributed by atoms with Crippen molar-refractivity contribution in [3.63, 3.8) is 0 Å². The van der Waals surface area contributed by atoms with E-state index in [1.54, 1.807) is 0 Å². The first-order valence-corrected chi connectivity index (χ1v) is 7.25. The largest absolute Gasteiger partial charge is 0.481 e. The van der Waals surface area contributed by atoms with Crippen LogP contribution in [0.4, 0.5) is 0 Å². The average molecular weight is 271 g/mol. The molecule has 0 aliphatic heterocycles. The minimum atomic E-state index is -0.842. The van der Waals surface area contributed by atoms with Gasteiger partial charge in [0, 0.05) is 19.8 Å². The zero-order valence-electron chi connectivity index (χ0n) is 11.7. The number of carboxylic acids is 1. The number of carbonyl (C=O) groups excluding carboxylic acids is 1. The summed E-state index contributed by atoms with van der Waals surface area (Å²) in [5.41, 5.74) is 0. The summed E-state index contributed by atoms with van der Waals surface area (Å²) in [6.07, 6.45) is 4.93. The first kappa shape index (κ1) is 16.0. The van der Waals surface area contributed by atoms with Gasteiger partial charge in [-0.05, 0) is 25.7 Å². The van der Waals surface area contributed by atoms with Crippen LogP contribution in [0.5, 0.6) is 0 Å². The Morgan fingerprint density at radius 1 is 1.21 bits per heavy atom. The van der Waals surface area contributed by atoms with Crippen molar-refractivity contribution in [2.45, 2.75) is 45.4 Å². The molecule has 1 saturated carbocycles. The Morgan fingerprint density at radius 3 is 2.53 bits per heavy atom. The molecule has 1 fully saturated rings. The van der Waals surface area contributed by atoms with Crippen molar-refractivity contribution < 1.29 is 19.4 Å². The maximum atomic E-state index is 12.0. The molecule has 0 aromatic carbocycles. The zero-order valence-corrected chi connectivity index (χ0v) is 11.7. The van der Waals surface area contributed by atoms with Crippen LogP contribution in [-0.4, -0.2) is 36.7 Å².